The van der Waals surface area contributed by atoms with Gasteiger partial charge in [-0.3, -0.25) is 9.00 Å². The summed E-state index contributed by atoms with van der Waals surface area (Å²) in [6.07, 6.45) is 2.45. The monoisotopic (exact) mass is 266 g/mol. The van der Waals surface area contributed by atoms with Crippen LogP contribution in [0.4, 0.5) is 5.69 Å². The van der Waals surface area contributed by atoms with Gasteiger partial charge in [0, 0.05) is 28.8 Å². The number of carbonyl (C=O) groups excluding carboxylic acids is 1. The molecule has 4 nitrogen and oxygen atoms in total. The molecule has 1 fully saturated rings. The topological polar surface area (TPSA) is 72.2 Å². The summed E-state index contributed by atoms with van der Waals surface area (Å²) in [7, 11) is -1.16. The van der Waals surface area contributed by atoms with Gasteiger partial charge in [0.05, 0.1) is 10.8 Å². The Morgan fingerprint density at radius 2 is 2.22 bits per heavy atom. The second-order valence-corrected chi connectivity index (χ2v) is 6.21. The summed E-state index contributed by atoms with van der Waals surface area (Å²) in [6, 6.07) is 5.73. The maximum absolute atomic E-state index is 12.1. The minimum Gasteiger partial charge on any atom is -0.399 e. The van der Waals surface area contributed by atoms with Crippen LogP contribution in [0.5, 0.6) is 0 Å². The largest absolute Gasteiger partial charge is 0.399 e. The van der Waals surface area contributed by atoms with Crippen molar-refractivity contribution in [1.82, 2.24) is 5.32 Å². The van der Waals surface area contributed by atoms with Crippen molar-refractivity contribution in [3.05, 3.63) is 23.8 Å². The van der Waals surface area contributed by atoms with Gasteiger partial charge in [0.15, 0.2) is 0 Å². The molecule has 1 amide bonds. The number of nitrogens with one attached hydrogen (secondary N) is 1. The number of hydrogen-bond acceptors (Lipinski definition) is 3. The number of nitrogen functional groups attached to an aromatic ring is 1. The Labute approximate surface area is 109 Å². The van der Waals surface area contributed by atoms with Crippen molar-refractivity contribution in [2.45, 2.75) is 37.1 Å². The number of nitrogens with two attached hydrogens (primary N) is 1. The Morgan fingerprint density at radius 3 is 2.89 bits per heavy atom. The van der Waals surface area contributed by atoms with Crippen LogP contribution in [0.1, 0.15) is 24.8 Å². The van der Waals surface area contributed by atoms with Crippen molar-refractivity contribution in [3.8, 4) is 0 Å². The van der Waals surface area contributed by atoms with Crippen LogP contribution in [-0.4, -0.2) is 21.9 Å². The van der Waals surface area contributed by atoms with E-state index in [2.05, 4.69) is 5.32 Å². The minimum absolute atomic E-state index is 0.00703. The molecule has 0 heterocycles. The van der Waals surface area contributed by atoms with Gasteiger partial charge < -0.3 is 11.1 Å². The first-order valence-corrected chi connectivity index (χ1v) is 7.42. The molecule has 1 saturated carbocycles. The van der Waals surface area contributed by atoms with E-state index in [0.717, 1.165) is 23.3 Å². The molecular formula is C13H18N2O2S. The van der Waals surface area contributed by atoms with Crippen LogP contribution in [0.15, 0.2) is 23.1 Å². The molecule has 0 radical (unpaired) electrons. The van der Waals surface area contributed by atoms with Crippen molar-refractivity contribution in [2.24, 2.45) is 0 Å². The predicted octanol–water partition coefficient (Wildman–Crippen LogP) is 1.35. The molecule has 98 valence electrons. The number of carbonyl (C=O) groups is 1. The third kappa shape index (κ3) is 3.57. The molecule has 1 aliphatic carbocycles. The zero-order chi connectivity index (χ0) is 13.1. The fourth-order valence-corrected chi connectivity index (χ4v) is 2.97. The number of rotatable bonds is 5. The lowest BCUT2D eigenvalue weighted by molar-refractivity contribution is -0.120. The number of anilines is 1. The molecule has 3 N–H and O–H groups in total. The van der Waals surface area contributed by atoms with Crippen LogP contribution in [0, 0.1) is 6.92 Å². The fourth-order valence-electron chi connectivity index (χ4n) is 1.68. The van der Waals surface area contributed by atoms with E-state index in [0.29, 0.717) is 23.9 Å². The van der Waals surface area contributed by atoms with Crippen LogP contribution >= 0.6 is 0 Å². The maximum atomic E-state index is 12.1. The predicted molar refractivity (Wildman–Crippen MR) is 72.6 cm³/mol. The summed E-state index contributed by atoms with van der Waals surface area (Å²) < 4.78 is 12.1. The Kier molecular flexibility index (Phi) is 4.01. The van der Waals surface area contributed by atoms with Gasteiger partial charge in [-0.2, -0.15) is 0 Å². The number of hydrogen-bond donors (Lipinski definition) is 2. The molecule has 0 bridgehead atoms. The first-order valence-electron chi connectivity index (χ1n) is 6.10. The van der Waals surface area contributed by atoms with Gasteiger partial charge in [0.2, 0.25) is 5.91 Å². The summed E-state index contributed by atoms with van der Waals surface area (Å²) in [6.45, 7) is 1.90. The van der Waals surface area contributed by atoms with Crippen LogP contribution in [0.25, 0.3) is 0 Å². The van der Waals surface area contributed by atoms with Gasteiger partial charge >= 0.3 is 0 Å². The molecule has 0 aliphatic heterocycles. The zero-order valence-corrected chi connectivity index (χ0v) is 11.3. The third-order valence-corrected chi connectivity index (χ3v) is 4.42. The van der Waals surface area contributed by atoms with Crippen LogP contribution < -0.4 is 11.1 Å². The highest BCUT2D eigenvalue weighted by Crippen LogP contribution is 2.19. The molecule has 1 atom stereocenters. The molecule has 0 aromatic heterocycles. The highest BCUT2D eigenvalue weighted by molar-refractivity contribution is 7.85. The van der Waals surface area contributed by atoms with Gasteiger partial charge in [-0.15, -0.1) is 0 Å². The average molecular weight is 266 g/mol. The van der Waals surface area contributed by atoms with Crippen molar-refractivity contribution in [1.29, 1.82) is 0 Å². The zero-order valence-electron chi connectivity index (χ0n) is 10.4. The first kappa shape index (κ1) is 13.1. The molecule has 1 aromatic rings. The van der Waals surface area contributed by atoms with Crippen molar-refractivity contribution >= 4 is 22.4 Å². The lowest BCUT2D eigenvalue weighted by atomic mass is 10.2. The summed E-state index contributed by atoms with van der Waals surface area (Å²) >= 11 is 0. The SMILES string of the molecule is Cc1ccc(N)cc1S(=O)CCC(=O)NC1CC1. The second kappa shape index (κ2) is 5.52. The fraction of sp³-hybridized carbons (Fsp3) is 0.462. The normalized spacial score (nSPS) is 16.3. The lowest BCUT2D eigenvalue weighted by Crippen LogP contribution is -2.26. The Bertz CT molecular complexity index is 484. The smallest absolute Gasteiger partial charge is 0.221 e. The highest BCUT2D eigenvalue weighted by Gasteiger charge is 2.23. The Balaban J connectivity index is 1.90. The van der Waals surface area contributed by atoms with E-state index in [1.165, 1.54) is 0 Å². The van der Waals surface area contributed by atoms with E-state index >= 15 is 0 Å². The molecule has 1 aliphatic rings. The second-order valence-electron chi connectivity index (χ2n) is 4.67. The van der Waals surface area contributed by atoms with Gasteiger partial charge in [-0.1, -0.05) is 6.07 Å². The molecule has 0 spiro atoms. The number of amides is 1. The van der Waals surface area contributed by atoms with E-state index < -0.39 is 10.8 Å². The average Bonchev–Trinajstić information content (AvgIpc) is 3.13. The number of aryl methyl sites for hydroxylation is 1. The van der Waals surface area contributed by atoms with Crippen LogP contribution in [0.3, 0.4) is 0 Å². The van der Waals surface area contributed by atoms with Crippen LogP contribution in [-0.2, 0) is 15.6 Å². The molecule has 2 rings (SSSR count). The molecule has 1 unspecified atom stereocenters. The van der Waals surface area contributed by atoms with Crippen molar-refractivity contribution in [2.75, 3.05) is 11.5 Å². The summed E-state index contributed by atoms with van der Waals surface area (Å²) in [5.41, 5.74) is 7.23. The van der Waals surface area contributed by atoms with Crippen molar-refractivity contribution in [3.63, 3.8) is 0 Å². The standard InChI is InChI=1S/C13H18N2O2S/c1-9-2-3-10(14)8-12(9)18(17)7-6-13(16)15-11-4-5-11/h2-3,8,11H,4-7,14H2,1H3,(H,15,16). The first-order chi connectivity index (χ1) is 8.56. The van der Waals surface area contributed by atoms with Gasteiger partial charge in [-0.05, 0) is 37.5 Å². The van der Waals surface area contributed by atoms with E-state index in [1.54, 1.807) is 12.1 Å². The van der Waals surface area contributed by atoms with Gasteiger partial charge in [0.25, 0.3) is 0 Å². The van der Waals surface area contributed by atoms with E-state index in [4.69, 9.17) is 5.73 Å². The third-order valence-electron chi connectivity index (χ3n) is 2.91. The summed E-state index contributed by atoms with van der Waals surface area (Å²) in [5, 5.41) is 2.89. The Hall–Kier alpha value is -1.36. The Morgan fingerprint density at radius 1 is 1.50 bits per heavy atom. The quantitative estimate of drug-likeness (QED) is 0.790. The molecule has 0 saturated heterocycles. The van der Waals surface area contributed by atoms with E-state index in [1.807, 2.05) is 13.0 Å². The molecule has 5 heteroatoms. The van der Waals surface area contributed by atoms with Crippen molar-refractivity contribution < 1.29 is 9.00 Å². The number of benzene rings is 1. The van der Waals surface area contributed by atoms with E-state index in [-0.39, 0.29) is 5.91 Å². The molecular weight excluding hydrogens is 248 g/mol. The highest BCUT2D eigenvalue weighted by atomic mass is 32.2. The molecule has 18 heavy (non-hydrogen) atoms. The summed E-state index contributed by atoms with van der Waals surface area (Å²) in [5.74, 6) is 0.343. The maximum Gasteiger partial charge on any atom is 0.221 e. The van der Waals surface area contributed by atoms with Gasteiger partial charge in [-0.25, -0.2) is 0 Å². The molecule has 1 aromatic carbocycles. The van der Waals surface area contributed by atoms with E-state index in [9.17, 15) is 9.00 Å². The van der Waals surface area contributed by atoms with Crippen LogP contribution in [0.2, 0.25) is 0 Å². The minimum atomic E-state index is -1.16. The lowest BCUT2D eigenvalue weighted by Gasteiger charge is -2.07. The van der Waals surface area contributed by atoms with Gasteiger partial charge in [0.1, 0.15) is 0 Å². The summed E-state index contributed by atoms with van der Waals surface area (Å²) in [4.78, 5) is 12.2.